The molecule has 1 saturated heterocycles. The van der Waals surface area contributed by atoms with Crippen LogP contribution in [0.3, 0.4) is 0 Å². The third-order valence-electron chi connectivity index (χ3n) is 3.54. The van der Waals surface area contributed by atoms with Gasteiger partial charge in [-0.2, -0.15) is 5.10 Å². The van der Waals surface area contributed by atoms with Crippen molar-refractivity contribution in [1.29, 1.82) is 0 Å². The second-order valence-electron chi connectivity index (χ2n) is 4.82. The van der Waals surface area contributed by atoms with Crippen molar-refractivity contribution in [1.82, 2.24) is 15.1 Å². The molecule has 100 valence electrons. The van der Waals surface area contributed by atoms with Gasteiger partial charge in [-0.05, 0) is 43.6 Å². The molecular weight excluding hydrogens is 281 g/mol. The largest absolute Gasteiger partial charge is 0.317 e. The first-order valence-corrected chi connectivity index (χ1v) is 7.20. The molecule has 0 unspecified atom stereocenters. The zero-order valence-corrected chi connectivity index (χ0v) is 12.0. The summed E-state index contributed by atoms with van der Waals surface area (Å²) in [4.78, 5) is 0. The molecule has 1 fully saturated rings. The maximum absolute atomic E-state index is 6.05. The number of rotatable bonds is 2. The second-order valence-corrected chi connectivity index (χ2v) is 5.63. The smallest absolute Gasteiger partial charge is 0.0598 e. The van der Waals surface area contributed by atoms with Crippen LogP contribution in [-0.4, -0.2) is 22.9 Å². The van der Waals surface area contributed by atoms with Gasteiger partial charge in [0.1, 0.15) is 0 Å². The molecule has 0 atom stereocenters. The van der Waals surface area contributed by atoms with Crippen molar-refractivity contribution in [2.75, 3.05) is 13.1 Å². The van der Waals surface area contributed by atoms with Crippen molar-refractivity contribution >= 4 is 23.2 Å². The molecule has 1 aliphatic heterocycles. The van der Waals surface area contributed by atoms with Gasteiger partial charge in [-0.1, -0.05) is 29.3 Å². The fourth-order valence-electron chi connectivity index (χ4n) is 2.43. The average Bonchev–Trinajstić information content (AvgIpc) is 2.93. The Morgan fingerprint density at radius 2 is 1.89 bits per heavy atom. The highest BCUT2D eigenvalue weighted by molar-refractivity contribution is 6.42. The van der Waals surface area contributed by atoms with E-state index in [9.17, 15) is 0 Å². The number of nitrogens with one attached hydrogen (secondary N) is 1. The molecule has 0 amide bonds. The summed E-state index contributed by atoms with van der Waals surface area (Å²) in [6.07, 6.45) is 6.24. The van der Waals surface area contributed by atoms with Crippen LogP contribution in [0.2, 0.25) is 10.0 Å². The lowest BCUT2D eigenvalue weighted by molar-refractivity contribution is 0.343. The van der Waals surface area contributed by atoms with Crippen LogP contribution in [-0.2, 0) is 0 Å². The van der Waals surface area contributed by atoms with Crippen LogP contribution in [0.15, 0.2) is 30.6 Å². The number of benzene rings is 1. The molecule has 2 aromatic rings. The quantitative estimate of drug-likeness (QED) is 0.914. The van der Waals surface area contributed by atoms with Gasteiger partial charge in [0.25, 0.3) is 0 Å². The van der Waals surface area contributed by atoms with E-state index >= 15 is 0 Å². The molecule has 1 aromatic carbocycles. The Morgan fingerprint density at radius 1 is 1.11 bits per heavy atom. The van der Waals surface area contributed by atoms with Gasteiger partial charge in [0, 0.05) is 11.8 Å². The highest BCUT2D eigenvalue weighted by Crippen LogP contribution is 2.29. The van der Waals surface area contributed by atoms with Crippen molar-refractivity contribution in [3.8, 4) is 11.1 Å². The number of aromatic nitrogens is 2. The van der Waals surface area contributed by atoms with E-state index in [1.165, 1.54) is 0 Å². The van der Waals surface area contributed by atoms with Crippen LogP contribution in [0.4, 0.5) is 0 Å². The van der Waals surface area contributed by atoms with Crippen LogP contribution >= 0.6 is 23.2 Å². The SMILES string of the molecule is Clc1ccc(-c2cnn(C3CCNCC3)c2)cc1Cl. The Balaban J connectivity index is 1.85. The van der Waals surface area contributed by atoms with Crippen LogP contribution in [0.25, 0.3) is 11.1 Å². The lowest BCUT2D eigenvalue weighted by Crippen LogP contribution is -2.29. The highest BCUT2D eigenvalue weighted by Gasteiger charge is 2.16. The Labute approximate surface area is 122 Å². The van der Waals surface area contributed by atoms with Crippen LogP contribution in [0.1, 0.15) is 18.9 Å². The van der Waals surface area contributed by atoms with Crippen molar-refractivity contribution in [2.24, 2.45) is 0 Å². The van der Waals surface area contributed by atoms with Gasteiger partial charge in [-0.3, -0.25) is 4.68 Å². The van der Waals surface area contributed by atoms with E-state index < -0.39 is 0 Å². The first-order chi connectivity index (χ1) is 9.24. The lowest BCUT2D eigenvalue weighted by atomic mass is 10.1. The van der Waals surface area contributed by atoms with Gasteiger partial charge in [-0.25, -0.2) is 0 Å². The van der Waals surface area contributed by atoms with Gasteiger partial charge in [0.15, 0.2) is 0 Å². The first-order valence-electron chi connectivity index (χ1n) is 6.44. The Kier molecular flexibility index (Phi) is 3.78. The molecule has 0 saturated carbocycles. The molecule has 19 heavy (non-hydrogen) atoms. The van der Waals surface area contributed by atoms with E-state index in [4.69, 9.17) is 23.2 Å². The minimum atomic E-state index is 0.498. The average molecular weight is 296 g/mol. The zero-order chi connectivity index (χ0) is 13.2. The number of hydrogen-bond acceptors (Lipinski definition) is 2. The van der Waals surface area contributed by atoms with Crippen LogP contribution < -0.4 is 5.32 Å². The van der Waals surface area contributed by atoms with Crippen LogP contribution in [0.5, 0.6) is 0 Å². The molecular formula is C14H15Cl2N3. The van der Waals surface area contributed by atoms with Gasteiger partial charge in [0.2, 0.25) is 0 Å². The van der Waals surface area contributed by atoms with E-state index in [0.717, 1.165) is 37.1 Å². The normalized spacial score (nSPS) is 16.7. The van der Waals surface area contributed by atoms with E-state index in [1.807, 2.05) is 24.4 Å². The molecule has 0 radical (unpaired) electrons. The number of piperidine rings is 1. The number of hydrogen-bond donors (Lipinski definition) is 1. The lowest BCUT2D eigenvalue weighted by Gasteiger charge is -2.22. The maximum atomic E-state index is 6.05. The molecule has 1 N–H and O–H groups in total. The Hall–Kier alpha value is -1.03. The predicted octanol–water partition coefficient (Wildman–Crippen LogP) is 3.78. The fourth-order valence-corrected chi connectivity index (χ4v) is 2.73. The molecule has 0 spiro atoms. The van der Waals surface area contributed by atoms with E-state index in [1.54, 1.807) is 0 Å². The summed E-state index contributed by atoms with van der Waals surface area (Å²) in [6, 6.07) is 6.17. The predicted molar refractivity (Wildman–Crippen MR) is 78.8 cm³/mol. The van der Waals surface area contributed by atoms with Crippen molar-refractivity contribution in [3.63, 3.8) is 0 Å². The van der Waals surface area contributed by atoms with Crippen molar-refractivity contribution in [2.45, 2.75) is 18.9 Å². The standard InChI is InChI=1S/C14H15Cl2N3/c15-13-2-1-10(7-14(13)16)11-8-18-19(9-11)12-3-5-17-6-4-12/h1-2,7-9,12,17H,3-6H2. The van der Waals surface area contributed by atoms with E-state index in [0.29, 0.717) is 16.1 Å². The number of nitrogens with zero attached hydrogens (tertiary/aromatic N) is 2. The monoisotopic (exact) mass is 295 g/mol. The van der Waals surface area contributed by atoms with Gasteiger partial charge < -0.3 is 5.32 Å². The third kappa shape index (κ3) is 2.78. The summed E-state index contributed by atoms with van der Waals surface area (Å²) in [5.74, 6) is 0. The molecule has 1 aliphatic rings. The molecule has 2 heterocycles. The molecule has 1 aromatic heterocycles. The fraction of sp³-hybridized carbons (Fsp3) is 0.357. The zero-order valence-electron chi connectivity index (χ0n) is 10.4. The Bertz CT molecular complexity index is 574. The molecule has 3 nitrogen and oxygen atoms in total. The summed E-state index contributed by atoms with van der Waals surface area (Å²) in [5, 5.41) is 9.00. The second kappa shape index (κ2) is 5.53. The van der Waals surface area contributed by atoms with Crippen molar-refractivity contribution in [3.05, 3.63) is 40.6 Å². The minimum Gasteiger partial charge on any atom is -0.317 e. The summed E-state index contributed by atoms with van der Waals surface area (Å²) in [5.41, 5.74) is 2.13. The third-order valence-corrected chi connectivity index (χ3v) is 4.28. The summed E-state index contributed by atoms with van der Waals surface area (Å²) < 4.78 is 2.07. The van der Waals surface area contributed by atoms with Crippen molar-refractivity contribution < 1.29 is 0 Å². The van der Waals surface area contributed by atoms with E-state index in [-0.39, 0.29) is 0 Å². The molecule has 0 aliphatic carbocycles. The molecule has 5 heteroatoms. The van der Waals surface area contributed by atoms with Gasteiger partial charge in [-0.15, -0.1) is 0 Å². The molecule has 0 bridgehead atoms. The topological polar surface area (TPSA) is 29.9 Å². The summed E-state index contributed by atoms with van der Waals surface area (Å²) >= 11 is 12.0. The van der Waals surface area contributed by atoms with Gasteiger partial charge in [0.05, 0.1) is 22.3 Å². The number of halogens is 2. The summed E-state index contributed by atoms with van der Waals surface area (Å²) in [6.45, 7) is 2.12. The summed E-state index contributed by atoms with van der Waals surface area (Å²) in [7, 11) is 0. The highest BCUT2D eigenvalue weighted by atomic mass is 35.5. The molecule has 3 rings (SSSR count). The first kappa shape index (κ1) is 13.0. The van der Waals surface area contributed by atoms with E-state index in [2.05, 4.69) is 21.3 Å². The minimum absolute atomic E-state index is 0.498. The van der Waals surface area contributed by atoms with Gasteiger partial charge >= 0.3 is 0 Å². The Morgan fingerprint density at radius 3 is 2.63 bits per heavy atom. The van der Waals surface area contributed by atoms with Crippen LogP contribution in [0, 0.1) is 0 Å². The maximum Gasteiger partial charge on any atom is 0.0598 e.